The van der Waals surface area contributed by atoms with E-state index in [0.29, 0.717) is 12.1 Å². The largest absolute Gasteiger partial charge is 0.417 e. The summed E-state index contributed by atoms with van der Waals surface area (Å²) in [6.45, 7) is -0.298. The summed E-state index contributed by atoms with van der Waals surface area (Å²) in [6.07, 6.45) is -16.7. The highest BCUT2D eigenvalue weighted by Gasteiger charge is 2.40. The molecule has 0 spiro atoms. The maximum atomic E-state index is 14.9. The molecule has 1 N–H and O–H groups in total. The van der Waals surface area contributed by atoms with Gasteiger partial charge < -0.3 is 5.32 Å². The Hall–Kier alpha value is -3.09. The monoisotopic (exact) mass is 577 g/mol. The number of amides is 1. The van der Waals surface area contributed by atoms with Crippen LogP contribution in [0.15, 0.2) is 42.5 Å². The maximum absolute atomic E-state index is 14.9. The van der Waals surface area contributed by atoms with Crippen molar-refractivity contribution in [3.05, 3.63) is 75.3 Å². The molecule has 208 valence electrons. The fourth-order valence-corrected chi connectivity index (χ4v) is 3.42. The van der Waals surface area contributed by atoms with Gasteiger partial charge in [-0.3, -0.25) is 9.59 Å². The molecule has 0 heterocycles. The number of allylic oxidation sites excluding steroid dienone is 1. The Morgan fingerprint density at radius 1 is 0.947 bits per heavy atom. The van der Waals surface area contributed by atoms with Crippen LogP contribution in [0.2, 0.25) is 5.02 Å². The van der Waals surface area contributed by atoms with E-state index < -0.39 is 83.6 Å². The lowest BCUT2D eigenvalue weighted by atomic mass is 9.93. The summed E-state index contributed by atoms with van der Waals surface area (Å²) < 4.78 is 133. The summed E-state index contributed by atoms with van der Waals surface area (Å²) in [4.78, 5) is 23.7. The highest BCUT2D eigenvalue weighted by molar-refractivity contribution is 6.31. The average molecular weight is 578 g/mol. The fraction of sp³-hybridized carbons (Fsp3) is 0.333. The van der Waals surface area contributed by atoms with Gasteiger partial charge in [-0.25, -0.2) is 4.39 Å². The normalized spacial score (nSPS) is 13.8. The van der Waals surface area contributed by atoms with Crippen LogP contribution in [0, 0.1) is 6.92 Å². The molecule has 0 saturated carbocycles. The van der Waals surface area contributed by atoms with Gasteiger partial charge in [0.25, 0.3) is 0 Å². The van der Waals surface area contributed by atoms with Gasteiger partial charge in [0.15, 0.2) is 5.78 Å². The van der Waals surface area contributed by atoms with Gasteiger partial charge in [0.2, 0.25) is 5.91 Å². The number of benzene rings is 2. The van der Waals surface area contributed by atoms with E-state index in [-0.39, 0.29) is 22.7 Å². The van der Waals surface area contributed by atoms with E-state index in [1.807, 2.05) is 0 Å². The molecule has 0 aliphatic rings. The van der Waals surface area contributed by atoms with E-state index in [1.165, 1.54) is 12.2 Å². The van der Waals surface area contributed by atoms with Crippen LogP contribution < -0.4 is 5.32 Å². The van der Waals surface area contributed by atoms with Crippen LogP contribution in [-0.4, -0.2) is 30.6 Å². The number of rotatable bonds is 8. The molecule has 1 amide bonds. The Bertz CT molecular complexity index is 1220. The predicted molar refractivity (Wildman–Crippen MR) is 118 cm³/mol. The van der Waals surface area contributed by atoms with Crippen LogP contribution in [0.5, 0.6) is 0 Å². The second kappa shape index (κ2) is 11.7. The van der Waals surface area contributed by atoms with E-state index in [4.69, 9.17) is 11.6 Å². The number of ketones is 1. The zero-order chi connectivity index (χ0) is 29.1. The Balaban J connectivity index is 2.38. The van der Waals surface area contributed by atoms with E-state index in [9.17, 15) is 53.5 Å². The molecule has 2 rings (SSSR count). The van der Waals surface area contributed by atoms with Gasteiger partial charge in [-0.05, 0) is 36.3 Å². The number of carbonyl (C=O) groups is 2. The molecule has 1 unspecified atom stereocenters. The average Bonchev–Trinajstić information content (AvgIpc) is 2.79. The summed E-state index contributed by atoms with van der Waals surface area (Å²) >= 11 is 5.80. The molecule has 2 aromatic carbocycles. The van der Waals surface area contributed by atoms with Gasteiger partial charge in [0.05, 0.1) is 5.56 Å². The van der Waals surface area contributed by atoms with Crippen molar-refractivity contribution in [3.63, 3.8) is 0 Å². The smallest absolute Gasteiger partial charge is 0.347 e. The first kappa shape index (κ1) is 31.1. The minimum absolute atomic E-state index is 0.0879. The molecule has 0 radical (unpaired) electrons. The van der Waals surface area contributed by atoms with E-state index in [1.54, 1.807) is 0 Å². The van der Waals surface area contributed by atoms with Crippen molar-refractivity contribution in [1.29, 1.82) is 0 Å². The van der Waals surface area contributed by atoms with Gasteiger partial charge >= 0.3 is 18.5 Å². The molecule has 1 atom stereocenters. The zero-order valence-corrected chi connectivity index (χ0v) is 20.0. The Kier molecular flexibility index (Phi) is 9.62. The second-order valence-corrected chi connectivity index (χ2v) is 8.52. The topological polar surface area (TPSA) is 46.2 Å². The number of hydrogen-bond acceptors (Lipinski definition) is 2. The molecular formula is C24H18ClF10NO2. The van der Waals surface area contributed by atoms with Crippen LogP contribution >= 0.6 is 11.6 Å². The lowest BCUT2D eigenvalue weighted by Crippen LogP contribution is -2.33. The molecule has 0 saturated heterocycles. The van der Waals surface area contributed by atoms with Gasteiger partial charge in [0.1, 0.15) is 18.3 Å². The minimum Gasteiger partial charge on any atom is -0.347 e. The van der Waals surface area contributed by atoms with Crippen LogP contribution in [0.3, 0.4) is 0 Å². The van der Waals surface area contributed by atoms with Gasteiger partial charge in [-0.1, -0.05) is 35.9 Å². The summed E-state index contributed by atoms with van der Waals surface area (Å²) in [5, 5.41) is 1.60. The van der Waals surface area contributed by atoms with E-state index in [2.05, 4.69) is 0 Å². The van der Waals surface area contributed by atoms with Crippen molar-refractivity contribution in [3.8, 4) is 0 Å². The molecule has 3 nitrogen and oxygen atoms in total. The quantitative estimate of drug-likeness (QED) is 0.256. The SMILES string of the molecule is Cc1cc(C(/C=C(\F)c2ccc(C(=O)CCC(=O)NCC(F)(F)F)c(C(F)(F)F)c2)C(F)(F)F)ccc1Cl. The molecule has 2 aromatic rings. The predicted octanol–water partition coefficient (Wildman–Crippen LogP) is 7.97. The van der Waals surface area contributed by atoms with Crippen molar-refractivity contribution in [2.24, 2.45) is 0 Å². The van der Waals surface area contributed by atoms with E-state index in [0.717, 1.165) is 18.2 Å². The third-order valence-corrected chi connectivity index (χ3v) is 5.60. The Labute approximate surface area is 214 Å². The zero-order valence-electron chi connectivity index (χ0n) is 19.2. The fourth-order valence-electron chi connectivity index (χ4n) is 3.30. The summed E-state index contributed by atoms with van der Waals surface area (Å²) in [5.74, 6) is -6.73. The lowest BCUT2D eigenvalue weighted by Gasteiger charge is -2.19. The van der Waals surface area contributed by atoms with Gasteiger partial charge in [-0.2, -0.15) is 39.5 Å². The van der Waals surface area contributed by atoms with E-state index >= 15 is 0 Å². The molecule has 38 heavy (non-hydrogen) atoms. The van der Waals surface area contributed by atoms with Crippen LogP contribution in [0.1, 0.15) is 51.4 Å². The van der Waals surface area contributed by atoms with Crippen LogP contribution in [-0.2, 0) is 11.0 Å². The third kappa shape index (κ3) is 8.74. The summed E-state index contributed by atoms with van der Waals surface area (Å²) in [5.41, 5.74) is -3.79. The van der Waals surface area contributed by atoms with Crippen molar-refractivity contribution < 1.29 is 53.5 Å². The number of nitrogens with one attached hydrogen (secondary N) is 1. The summed E-state index contributed by atoms with van der Waals surface area (Å²) in [7, 11) is 0. The number of Topliss-reactive ketones (excluding diaryl/α,β-unsaturated/α-hetero) is 1. The molecule has 14 heteroatoms. The summed E-state index contributed by atoms with van der Waals surface area (Å²) in [6, 6.07) is 4.52. The number of hydrogen-bond donors (Lipinski definition) is 1. The highest BCUT2D eigenvalue weighted by atomic mass is 35.5. The number of carbonyl (C=O) groups excluding carboxylic acids is 2. The lowest BCUT2D eigenvalue weighted by molar-refractivity contribution is -0.140. The van der Waals surface area contributed by atoms with Crippen molar-refractivity contribution in [2.75, 3.05) is 6.54 Å². The number of alkyl halides is 9. The first-order chi connectivity index (χ1) is 17.3. The van der Waals surface area contributed by atoms with Crippen molar-refractivity contribution >= 4 is 29.1 Å². The molecule has 0 aromatic heterocycles. The van der Waals surface area contributed by atoms with Gasteiger partial charge in [0, 0.05) is 29.0 Å². The van der Waals surface area contributed by atoms with Crippen LogP contribution in [0.4, 0.5) is 43.9 Å². The standard InChI is InChI=1S/C24H18ClF10NO2/c1-12-8-13(3-5-18(12)25)16(23(30,31)32)10-19(26)14-2-4-15(17(9-14)24(33,34)35)20(37)6-7-21(38)36-11-22(27,28)29/h2-5,8-10,16H,6-7,11H2,1H3,(H,36,38)/b19-10-. The second-order valence-electron chi connectivity index (χ2n) is 8.12. The Morgan fingerprint density at radius 2 is 1.58 bits per heavy atom. The molecule has 0 bridgehead atoms. The minimum atomic E-state index is -5.25. The van der Waals surface area contributed by atoms with Crippen LogP contribution in [0.25, 0.3) is 5.83 Å². The van der Waals surface area contributed by atoms with Crippen molar-refractivity contribution in [1.82, 2.24) is 5.32 Å². The molecular weight excluding hydrogens is 560 g/mol. The maximum Gasteiger partial charge on any atom is 0.417 e. The first-order valence-electron chi connectivity index (χ1n) is 10.6. The Morgan fingerprint density at radius 3 is 2.11 bits per heavy atom. The number of aryl methyl sites for hydroxylation is 1. The number of halogens is 11. The molecule has 0 aliphatic carbocycles. The molecule has 0 aliphatic heterocycles. The molecule has 0 fully saturated rings. The third-order valence-electron chi connectivity index (χ3n) is 5.17. The first-order valence-corrected chi connectivity index (χ1v) is 11.0. The van der Waals surface area contributed by atoms with Gasteiger partial charge in [-0.15, -0.1) is 0 Å². The van der Waals surface area contributed by atoms with Crippen molar-refractivity contribution in [2.45, 2.75) is 44.2 Å². The highest BCUT2D eigenvalue weighted by Crippen LogP contribution is 2.40.